The smallest absolute Gasteiger partial charge is 0.243 e. The van der Waals surface area contributed by atoms with Gasteiger partial charge in [-0.15, -0.1) is 0 Å². The first-order valence-electron chi connectivity index (χ1n) is 7.33. The predicted octanol–water partition coefficient (Wildman–Crippen LogP) is 1.18. The van der Waals surface area contributed by atoms with Crippen LogP contribution in [0.5, 0.6) is 0 Å². The summed E-state index contributed by atoms with van der Waals surface area (Å²) < 4.78 is 29.1. The number of hydrogen-bond donors (Lipinski definition) is 2. The number of hydrogen-bond acceptors (Lipinski definition) is 5. The van der Waals surface area contributed by atoms with Crippen LogP contribution >= 0.6 is 11.8 Å². The largest absolute Gasteiger partial charge is 0.330 e. The molecular formula is C13H24N4O2S2. The number of aromatic nitrogens is 2. The molecule has 3 N–H and O–H groups in total. The molecule has 6 nitrogen and oxygen atoms in total. The summed E-state index contributed by atoms with van der Waals surface area (Å²) in [5.41, 5.74) is 5.44. The number of nitrogens with one attached hydrogen (secondary N) is 1. The molecule has 0 bridgehead atoms. The van der Waals surface area contributed by atoms with E-state index in [1.165, 1.54) is 6.20 Å². The summed E-state index contributed by atoms with van der Waals surface area (Å²) in [6.07, 6.45) is 9.85. The molecule has 1 aromatic rings. The van der Waals surface area contributed by atoms with Gasteiger partial charge in [0.05, 0.1) is 6.20 Å². The Kier molecular flexibility index (Phi) is 6.09. The minimum atomic E-state index is -3.46. The highest BCUT2D eigenvalue weighted by atomic mass is 32.2. The molecule has 1 saturated carbocycles. The summed E-state index contributed by atoms with van der Waals surface area (Å²) in [5, 5.41) is 4.75. The topological polar surface area (TPSA) is 90.0 Å². The van der Waals surface area contributed by atoms with E-state index >= 15 is 0 Å². The van der Waals surface area contributed by atoms with Gasteiger partial charge in [-0.1, -0.05) is 0 Å². The lowest BCUT2D eigenvalue weighted by Crippen LogP contribution is -2.37. The zero-order valence-electron chi connectivity index (χ0n) is 12.4. The van der Waals surface area contributed by atoms with Gasteiger partial charge < -0.3 is 5.73 Å². The van der Waals surface area contributed by atoms with E-state index < -0.39 is 10.0 Å². The Balaban J connectivity index is 1.94. The zero-order valence-corrected chi connectivity index (χ0v) is 14.0. The Morgan fingerprint density at radius 2 is 2.14 bits per heavy atom. The molecule has 0 aromatic carbocycles. The molecule has 0 saturated heterocycles. The Morgan fingerprint density at radius 1 is 1.43 bits per heavy atom. The van der Waals surface area contributed by atoms with E-state index in [0.29, 0.717) is 18.3 Å². The Morgan fingerprint density at radius 3 is 2.76 bits per heavy atom. The highest BCUT2D eigenvalue weighted by molar-refractivity contribution is 7.99. The molecular weight excluding hydrogens is 308 g/mol. The third kappa shape index (κ3) is 4.70. The average molecular weight is 332 g/mol. The second-order valence-electron chi connectivity index (χ2n) is 5.41. The summed E-state index contributed by atoms with van der Waals surface area (Å²) in [6.45, 7) is 1.21. The highest BCUT2D eigenvalue weighted by Crippen LogP contribution is 2.27. The summed E-state index contributed by atoms with van der Waals surface area (Å²) in [4.78, 5) is 0.242. The van der Waals surface area contributed by atoms with Gasteiger partial charge in [0.15, 0.2) is 0 Å². The van der Waals surface area contributed by atoms with Crippen molar-refractivity contribution >= 4 is 21.8 Å². The summed E-state index contributed by atoms with van der Waals surface area (Å²) in [5.74, 6) is 0. The molecule has 0 radical (unpaired) electrons. The standard InChI is InChI=1S/C13H24N4O2S2/c1-20-12-5-3-11(4-6-12)16-21(18,19)13-9-15-17(10-13)8-2-7-14/h9-12,16H,2-8,14H2,1H3. The first-order valence-corrected chi connectivity index (χ1v) is 10.1. The maximum absolute atomic E-state index is 12.3. The van der Waals surface area contributed by atoms with Gasteiger partial charge in [0, 0.05) is 24.0 Å². The number of sulfonamides is 1. The van der Waals surface area contributed by atoms with Crippen LogP contribution in [-0.2, 0) is 16.6 Å². The van der Waals surface area contributed by atoms with Crippen LogP contribution in [0.3, 0.4) is 0 Å². The predicted molar refractivity (Wildman–Crippen MR) is 85.8 cm³/mol. The molecule has 21 heavy (non-hydrogen) atoms. The average Bonchev–Trinajstić information content (AvgIpc) is 2.95. The van der Waals surface area contributed by atoms with Crippen LogP contribution in [0.25, 0.3) is 0 Å². The van der Waals surface area contributed by atoms with Crippen LogP contribution in [-0.4, -0.2) is 42.3 Å². The lowest BCUT2D eigenvalue weighted by atomic mass is 9.96. The Labute approximate surface area is 130 Å². The molecule has 0 amide bonds. The number of nitrogens with two attached hydrogens (primary N) is 1. The third-order valence-corrected chi connectivity index (χ3v) is 6.45. The molecule has 0 unspecified atom stereocenters. The van der Waals surface area contributed by atoms with Crippen molar-refractivity contribution < 1.29 is 8.42 Å². The molecule has 0 spiro atoms. The fourth-order valence-corrected chi connectivity index (χ4v) is 4.56. The number of nitrogens with zero attached hydrogens (tertiary/aromatic N) is 2. The van der Waals surface area contributed by atoms with Gasteiger partial charge in [-0.05, 0) is 44.9 Å². The maximum Gasteiger partial charge on any atom is 0.243 e. The minimum absolute atomic E-state index is 0.0470. The Hall–Kier alpha value is -0.570. The highest BCUT2D eigenvalue weighted by Gasteiger charge is 2.26. The van der Waals surface area contributed by atoms with Gasteiger partial charge in [0.1, 0.15) is 4.90 Å². The lowest BCUT2D eigenvalue weighted by Gasteiger charge is -2.27. The van der Waals surface area contributed by atoms with Gasteiger partial charge in [0.25, 0.3) is 0 Å². The van der Waals surface area contributed by atoms with Crippen molar-refractivity contribution in [1.29, 1.82) is 0 Å². The summed E-state index contributed by atoms with van der Waals surface area (Å²) >= 11 is 1.87. The van der Waals surface area contributed by atoms with Crippen molar-refractivity contribution in [3.8, 4) is 0 Å². The molecule has 1 aromatic heterocycles. The van der Waals surface area contributed by atoms with E-state index in [1.54, 1.807) is 10.9 Å². The Bertz CT molecular complexity index is 536. The number of rotatable bonds is 7. The second kappa shape index (κ2) is 7.62. The van der Waals surface area contributed by atoms with Gasteiger partial charge in [0.2, 0.25) is 10.0 Å². The SMILES string of the molecule is CSC1CCC(NS(=O)(=O)c2cnn(CCCN)c2)CC1. The quantitative estimate of drug-likeness (QED) is 0.782. The number of aryl methyl sites for hydroxylation is 1. The van der Waals surface area contributed by atoms with E-state index in [0.717, 1.165) is 32.1 Å². The van der Waals surface area contributed by atoms with E-state index in [4.69, 9.17) is 5.73 Å². The first-order chi connectivity index (χ1) is 10.0. The van der Waals surface area contributed by atoms with Crippen molar-refractivity contribution in [2.45, 2.75) is 54.8 Å². The van der Waals surface area contributed by atoms with E-state index in [-0.39, 0.29) is 10.9 Å². The van der Waals surface area contributed by atoms with Crippen LogP contribution < -0.4 is 10.5 Å². The molecule has 0 aliphatic heterocycles. The fraction of sp³-hybridized carbons (Fsp3) is 0.769. The molecule has 1 heterocycles. The van der Waals surface area contributed by atoms with Crippen molar-refractivity contribution in [2.24, 2.45) is 5.73 Å². The van der Waals surface area contributed by atoms with Crippen LogP contribution in [0.4, 0.5) is 0 Å². The fourth-order valence-electron chi connectivity index (χ4n) is 2.56. The summed E-state index contributed by atoms with van der Waals surface area (Å²) in [6, 6.07) is 0.0470. The van der Waals surface area contributed by atoms with E-state index in [9.17, 15) is 8.42 Å². The van der Waals surface area contributed by atoms with Crippen molar-refractivity contribution in [3.63, 3.8) is 0 Å². The second-order valence-corrected chi connectivity index (χ2v) is 8.26. The monoisotopic (exact) mass is 332 g/mol. The molecule has 0 atom stereocenters. The molecule has 120 valence electrons. The van der Waals surface area contributed by atoms with E-state index in [2.05, 4.69) is 16.1 Å². The van der Waals surface area contributed by atoms with Crippen LogP contribution in [0, 0.1) is 0 Å². The third-order valence-electron chi connectivity index (χ3n) is 3.84. The van der Waals surface area contributed by atoms with Gasteiger partial charge >= 0.3 is 0 Å². The van der Waals surface area contributed by atoms with Crippen molar-refractivity contribution in [3.05, 3.63) is 12.4 Å². The van der Waals surface area contributed by atoms with Crippen LogP contribution in [0.2, 0.25) is 0 Å². The van der Waals surface area contributed by atoms with E-state index in [1.807, 2.05) is 11.8 Å². The van der Waals surface area contributed by atoms with Crippen molar-refractivity contribution in [2.75, 3.05) is 12.8 Å². The molecule has 8 heteroatoms. The first kappa shape index (κ1) is 16.8. The molecule has 1 aliphatic rings. The number of thioether (sulfide) groups is 1. The van der Waals surface area contributed by atoms with Crippen LogP contribution in [0.1, 0.15) is 32.1 Å². The van der Waals surface area contributed by atoms with Gasteiger partial charge in [-0.3, -0.25) is 4.68 Å². The maximum atomic E-state index is 12.3. The summed E-state index contributed by atoms with van der Waals surface area (Å²) in [7, 11) is -3.46. The van der Waals surface area contributed by atoms with Gasteiger partial charge in [-0.25, -0.2) is 13.1 Å². The zero-order chi connectivity index (χ0) is 15.3. The molecule has 1 aliphatic carbocycles. The normalized spacial score (nSPS) is 23.3. The minimum Gasteiger partial charge on any atom is -0.330 e. The van der Waals surface area contributed by atoms with Crippen molar-refractivity contribution in [1.82, 2.24) is 14.5 Å². The molecule has 1 fully saturated rings. The lowest BCUT2D eigenvalue weighted by molar-refractivity contribution is 0.420. The molecule has 2 rings (SSSR count). The van der Waals surface area contributed by atoms with Crippen LogP contribution in [0.15, 0.2) is 17.3 Å². The van der Waals surface area contributed by atoms with Gasteiger partial charge in [-0.2, -0.15) is 16.9 Å².